The van der Waals surface area contributed by atoms with Crippen LogP contribution in [0.25, 0.3) is 5.65 Å². The molecular weight excluding hydrogens is 567 g/mol. The van der Waals surface area contributed by atoms with E-state index in [2.05, 4.69) is 10.4 Å². The van der Waals surface area contributed by atoms with E-state index in [-0.39, 0.29) is 30.7 Å². The molecule has 2 aliphatic rings. The van der Waals surface area contributed by atoms with Gasteiger partial charge in [0.1, 0.15) is 28.7 Å². The number of aliphatic hydroxyl groups is 1. The number of benzene rings is 1. The van der Waals surface area contributed by atoms with E-state index in [0.717, 1.165) is 24.8 Å². The highest BCUT2D eigenvalue weighted by atomic mass is 19.1. The van der Waals surface area contributed by atoms with Crippen LogP contribution in [-0.4, -0.2) is 73.2 Å². The summed E-state index contributed by atoms with van der Waals surface area (Å²) in [6, 6.07) is 5.67. The number of hydrogen-bond acceptors (Lipinski definition) is 8. The molecule has 5 rings (SSSR count). The van der Waals surface area contributed by atoms with Crippen molar-refractivity contribution >= 4 is 35.2 Å². The number of hydrogen-bond donors (Lipinski definition) is 2. The number of β-amino-alcohol motifs (C(OH)–C–C–N with tert-alkyl or cyclic N) is 1. The molecule has 12 heteroatoms. The van der Waals surface area contributed by atoms with Gasteiger partial charge in [-0.1, -0.05) is 6.42 Å². The fourth-order valence-electron chi connectivity index (χ4n) is 5.55. The molecule has 1 saturated heterocycles. The number of ether oxygens (including phenoxy) is 2. The van der Waals surface area contributed by atoms with Gasteiger partial charge in [-0.3, -0.25) is 0 Å². The highest BCUT2D eigenvalue weighted by Gasteiger charge is 2.34. The number of aryl methyl sites for hydroxylation is 1. The summed E-state index contributed by atoms with van der Waals surface area (Å²) in [4.78, 5) is 34.4. The number of aliphatic hydroxyl groups excluding tert-OH is 1. The first-order valence-electron chi connectivity index (χ1n) is 15.2. The molecule has 0 bridgehead atoms. The zero-order chi connectivity index (χ0) is 32.0. The lowest BCUT2D eigenvalue weighted by atomic mass is 9.81. The first-order valence-corrected chi connectivity index (χ1v) is 15.2. The number of nitrogens with zero attached hydrogens (tertiary/aromatic N) is 5. The lowest BCUT2D eigenvalue weighted by molar-refractivity contribution is 0.00177. The zero-order valence-electron chi connectivity index (χ0n) is 26.6. The average molecular weight is 611 g/mol. The van der Waals surface area contributed by atoms with Crippen LogP contribution in [0.3, 0.4) is 0 Å². The number of rotatable bonds is 5. The SMILES string of the molecule is Cc1cc(F)cc(N(C(=O)OC(C)(C)C)c2cc(N[C@H]3C[C@H](O)CN(C(=O)OC(C)(C)C)C3)nc3c(C4CCC4)cnn23)c1. The van der Waals surface area contributed by atoms with Crippen LogP contribution in [0.4, 0.5) is 31.3 Å². The first kappa shape index (κ1) is 31.5. The molecule has 44 heavy (non-hydrogen) atoms. The van der Waals surface area contributed by atoms with Crippen molar-refractivity contribution in [3.05, 3.63) is 47.4 Å². The van der Waals surface area contributed by atoms with Crippen molar-refractivity contribution in [1.82, 2.24) is 19.5 Å². The third kappa shape index (κ3) is 7.23. The van der Waals surface area contributed by atoms with Gasteiger partial charge >= 0.3 is 12.2 Å². The highest BCUT2D eigenvalue weighted by Crippen LogP contribution is 2.40. The number of anilines is 3. The average Bonchev–Trinajstić information content (AvgIpc) is 3.23. The Morgan fingerprint density at radius 1 is 1.05 bits per heavy atom. The lowest BCUT2D eigenvalue weighted by Crippen LogP contribution is -2.52. The summed E-state index contributed by atoms with van der Waals surface area (Å²) in [7, 11) is 0. The molecule has 3 aromatic rings. The number of carbonyl (C=O) groups is 2. The monoisotopic (exact) mass is 610 g/mol. The molecule has 238 valence electrons. The molecule has 0 unspecified atom stereocenters. The van der Waals surface area contributed by atoms with E-state index >= 15 is 0 Å². The Bertz CT molecular complexity index is 1520. The van der Waals surface area contributed by atoms with Crippen LogP contribution in [0, 0.1) is 12.7 Å². The maximum absolute atomic E-state index is 14.7. The minimum absolute atomic E-state index is 0.157. The quantitative estimate of drug-likeness (QED) is 0.345. The van der Waals surface area contributed by atoms with Gasteiger partial charge in [-0.05, 0) is 97.4 Å². The van der Waals surface area contributed by atoms with Gasteiger partial charge in [0.15, 0.2) is 5.65 Å². The van der Waals surface area contributed by atoms with Gasteiger partial charge in [-0.25, -0.2) is 23.9 Å². The second-order valence-corrected chi connectivity index (χ2v) is 13.9. The molecule has 2 amide bonds. The van der Waals surface area contributed by atoms with Gasteiger partial charge in [0.05, 0.1) is 24.5 Å². The number of aromatic nitrogens is 3. The normalized spacial score (nSPS) is 19.4. The smallest absolute Gasteiger partial charge is 0.420 e. The van der Waals surface area contributed by atoms with E-state index in [1.54, 1.807) is 71.3 Å². The maximum atomic E-state index is 14.7. The molecule has 1 aliphatic carbocycles. The van der Waals surface area contributed by atoms with E-state index in [0.29, 0.717) is 29.3 Å². The van der Waals surface area contributed by atoms with Crippen LogP contribution < -0.4 is 10.2 Å². The molecule has 11 nitrogen and oxygen atoms in total. The van der Waals surface area contributed by atoms with Crippen LogP contribution >= 0.6 is 0 Å². The Hall–Kier alpha value is -3.93. The van der Waals surface area contributed by atoms with Crippen molar-refractivity contribution in [2.75, 3.05) is 23.3 Å². The number of likely N-dealkylation sites (tertiary alicyclic amines) is 1. The predicted octanol–water partition coefficient (Wildman–Crippen LogP) is 6.30. The minimum Gasteiger partial charge on any atom is -0.444 e. The highest BCUT2D eigenvalue weighted by molar-refractivity contribution is 5.96. The van der Waals surface area contributed by atoms with Crippen molar-refractivity contribution in [2.45, 2.75) is 103 Å². The molecule has 1 saturated carbocycles. The number of amides is 2. The Morgan fingerprint density at radius 2 is 1.75 bits per heavy atom. The van der Waals surface area contributed by atoms with E-state index < -0.39 is 35.3 Å². The molecular formula is C32H43FN6O5. The minimum atomic E-state index is -0.824. The molecule has 2 fully saturated rings. The van der Waals surface area contributed by atoms with Gasteiger partial charge in [0.25, 0.3) is 0 Å². The maximum Gasteiger partial charge on any atom is 0.420 e. The number of fused-ring (bicyclic) bond motifs is 1. The van der Waals surface area contributed by atoms with Gasteiger partial charge < -0.3 is 24.8 Å². The molecule has 0 spiro atoms. The van der Waals surface area contributed by atoms with E-state index in [1.165, 1.54) is 21.9 Å². The second kappa shape index (κ2) is 11.9. The lowest BCUT2D eigenvalue weighted by Gasteiger charge is -2.37. The fourth-order valence-corrected chi connectivity index (χ4v) is 5.55. The summed E-state index contributed by atoms with van der Waals surface area (Å²) in [5.41, 5.74) is 0.933. The van der Waals surface area contributed by atoms with Crippen molar-refractivity contribution in [1.29, 1.82) is 0 Å². The van der Waals surface area contributed by atoms with E-state index in [1.807, 2.05) is 0 Å². The summed E-state index contributed by atoms with van der Waals surface area (Å²) in [5, 5.41) is 18.7. The predicted molar refractivity (Wildman–Crippen MR) is 165 cm³/mol. The first-order chi connectivity index (χ1) is 20.6. The molecule has 1 aromatic carbocycles. The Kier molecular flexibility index (Phi) is 8.50. The summed E-state index contributed by atoms with van der Waals surface area (Å²) in [6.45, 7) is 12.9. The number of halogens is 1. The Balaban J connectivity index is 1.58. The van der Waals surface area contributed by atoms with Crippen molar-refractivity contribution < 1.29 is 28.6 Å². The van der Waals surface area contributed by atoms with Gasteiger partial charge in [0, 0.05) is 24.2 Å². The van der Waals surface area contributed by atoms with Crippen LogP contribution in [0.5, 0.6) is 0 Å². The largest absolute Gasteiger partial charge is 0.444 e. The fraction of sp³-hybridized carbons (Fsp3) is 0.562. The summed E-state index contributed by atoms with van der Waals surface area (Å²) < 4.78 is 27.7. The van der Waals surface area contributed by atoms with E-state index in [4.69, 9.17) is 14.5 Å². The van der Waals surface area contributed by atoms with Crippen molar-refractivity contribution in [3.8, 4) is 0 Å². The van der Waals surface area contributed by atoms with Crippen LogP contribution in [0.2, 0.25) is 0 Å². The third-order valence-corrected chi connectivity index (χ3v) is 7.55. The van der Waals surface area contributed by atoms with Crippen LogP contribution in [-0.2, 0) is 9.47 Å². The van der Waals surface area contributed by atoms with Crippen molar-refractivity contribution in [3.63, 3.8) is 0 Å². The topological polar surface area (TPSA) is 122 Å². The number of nitrogens with one attached hydrogen (secondary N) is 1. The standard InChI is InChI=1S/C32H43FN6O5/c1-19-11-21(33)13-23(12-19)38(30(42)44-32(5,6)7)27-15-26(36-28-25(16-34-39(27)28)20-9-8-10-20)35-22-14-24(40)18-37(17-22)29(41)43-31(2,3)4/h11-13,15-16,20,22,24,40H,8-10,14,17-18H2,1-7H3,(H,35,36)/t22-,24-/m0/s1. The second-order valence-electron chi connectivity index (χ2n) is 13.9. The molecule has 2 N–H and O–H groups in total. The van der Waals surface area contributed by atoms with Gasteiger partial charge in [-0.15, -0.1) is 0 Å². The molecule has 1 aliphatic heterocycles. The van der Waals surface area contributed by atoms with Gasteiger partial charge in [-0.2, -0.15) is 9.61 Å². The zero-order valence-corrected chi connectivity index (χ0v) is 26.6. The molecule has 2 aromatic heterocycles. The Morgan fingerprint density at radius 3 is 2.36 bits per heavy atom. The summed E-state index contributed by atoms with van der Waals surface area (Å²) in [5.74, 6) is 0.515. The van der Waals surface area contributed by atoms with Crippen molar-refractivity contribution in [2.24, 2.45) is 0 Å². The van der Waals surface area contributed by atoms with E-state index in [9.17, 15) is 19.1 Å². The van der Waals surface area contributed by atoms with Crippen LogP contribution in [0.1, 0.15) is 84.3 Å². The summed E-state index contributed by atoms with van der Waals surface area (Å²) in [6.07, 6.45) is 3.29. The Labute approximate surface area is 257 Å². The molecule has 3 heterocycles. The molecule has 0 radical (unpaired) electrons. The van der Waals surface area contributed by atoms with Crippen LogP contribution in [0.15, 0.2) is 30.5 Å². The number of carbonyl (C=O) groups excluding carboxylic acids is 2. The number of piperidine rings is 1. The third-order valence-electron chi connectivity index (χ3n) is 7.55. The molecule has 2 atom stereocenters. The summed E-state index contributed by atoms with van der Waals surface area (Å²) >= 11 is 0. The van der Waals surface area contributed by atoms with Gasteiger partial charge in [0.2, 0.25) is 0 Å².